The van der Waals surface area contributed by atoms with E-state index in [0.717, 1.165) is 4.57 Å². The van der Waals surface area contributed by atoms with Crippen LogP contribution in [0.1, 0.15) is 19.6 Å². The molecule has 0 amide bonds. The lowest BCUT2D eigenvalue weighted by molar-refractivity contribution is -0.0973. The van der Waals surface area contributed by atoms with Crippen molar-refractivity contribution in [2.24, 2.45) is 0 Å². The Balaban J connectivity index is 2.42. The standard InChI is InChI=1S/C11H16N3O4/c1-3-6-8(15)11(2,17)9(18-6)14-5-4-7(12)13-10(14)16/h4-6,8-9,15,17H,1,3H2,2H3,(H2,12,13,16)/t6-,8-,9-,11-/m1/s1. The van der Waals surface area contributed by atoms with E-state index >= 15 is 0 Å². The molecule has 4 atom stereocenters. The summed E-state index contributed by atoms with van der Waals surface area (Å²) in [4.78, 5) is 15.3. The summed E-state index contributed by atoms with van der Waals surface area (Å²) >= 11 is 0. The van der Waals surface area contributed by atoms with E-state index in [4.69, 9.17) is 10.5 Å². The molecule has 7 nitrogen and oxygen atoms in total. The minimum absolute atomic E-state index is 0.0862. The van der Waals surface area contributed by atoms with Crippen molar-refractivity contribution in [1.82, 2.24) is 9.55 Å². The third-order valence-corrected chi connectivity index (χ3v) is 3.14. The van der Waals surface area contributed by atoms with Gasteiger partial charge in [-0.25, -0.2) is 4.79 Å². The summed E-state index contributed by atoms with van der Waals surface area (Å²) in [6.45, 7) is 5.03. The minimum atomic E-state index is -1.59. The molecular weight excluding hydrogens is 238 g/mol. The number of aliphatic hydroxyl groups excluding tert-OH is 1. The maximum atomic E-state index is 11.7. The summed E-state index contributed by atoms with van der Waals surface area (Å²) < 4.78 is 6.57. The van der Waals surface area contributed by atoms with Crippen LogP contribution in [0.5, 0.6) is 0 Å². The zero-order chi connectivity index (χ0) is 13.5. The van der Waals surface area contributed by atoms with Gasteiger partial charge in [0.15, 0.2) is 6.23 Å². The Morgan fingerprint density at radius 2 is 2.39 bits per heavy atom. The average Bonchev–Trinajstić information content (AvgIpc) is 2.52. The number of rotatable bonds is 2. The van der Waals surface area contributed by atoms with E-state index in [1.54, 1.807) is 0 Å². The van der Waals surface area contributed by atoms with Crippen LogP contribution in [0.25, 0.3) is 0 Å². The van der Waals surface area contributed by atoms with E-state index in [1.165, 1.54) is 19.2 Å². The Kier molecular flexibility index (Phi) is 3.14. The zero-order valence-electron chi connectivity index (χ0n) is 9.98. The molecule has 1 aliphatic rings. The van der Waals surface area contributed by atoms with Crippen molar-refractivity contribution in [3.05, 3.63) is 29.7 Å². The molecule has 1 aliphatic heterocycles. The second-order valence-electron chi connectivity index (χ2n) is 4.53. The van der Waals surface area contributed by atoms with Gasteiger partial charge in [0.25, 0.3) is 0 Å². The monoisotopic (exact) mass is 254 g/mol. The van der Waals surface area contributed by atoms with Crippen LogP contribution in [-0.4, -0.2) is 37.6 Å². The van der Waals surface area contributed by atoms with Gasteiger partial charge in [0.05, 0.1) is 6.10 Å². The summed E-state index contributed by atoms with van der Waals surface area (Å²) in [6, 6.07) is 1.42. The molecule has 0 bridgehead atoms. The Morgan fingerprint density at radius 3 is 2.89 bits per heavy atom. The molecule has 2 heterocycles. The van der Waals surface area contributed by atoms with Crippen LogP contribution in [0.3, 0.4) is 0 Å². The first kappa shape index (κ1) is 13.0. The van der Waals surface area contributed by atoms with Gasteiger partial charge in [0.2, 0.25) is 0 Å². The van der Waals surface area contributed by atoms with E-state index in [9.17, 15) is 15.0 Å². The molecule has 0 unspecified atom stereocenters. The molecule has 4 N–H and O–H groups in total. The lowest BCUT2D eigenvalue weighted by atomic mass is 9.95. The lowest BCUT2D eigenvalue weighted by Gasteiger charge is -2.27. The Hall–Kier alpha value is -1.44. The first-order valence-corrected chi connectivity index (χ1v) is 5.57. The SMILES string of the molecule is [CH2]C[C@H]1O[C@@H](n2ccc(N)nc2=O)[C@](C)(O)[C@@H]1O. The maximum Gasteiger partial charge on any atom is 0.351 e. The molecule has 7 heteroatoms. The van der Waals surface area contributed by atoms with Crippen molar-refractivity contribution in [2.45, 2.75) is 37.4 Å². The molecule has 1 radical (unpaired) electrons. The van der Waals surface area contributed by atoms with Gasteiger partial charge in [0.1, 0.15) is 17.5 Å². The molecule has 2 rings (SSSR count). The van der Waals surface area contributed by atoms with Crippen LogP contribution < -0.4 is 11.4 Å². The molecule has 0 aromatic carbocycles. The van der Waals surface area contributed by atoms with E-state index in [-0.39, 0.29) is 12.2 Å². The fourth-order valence-corrected chi connectivity index (χ4v) is 2.08. The number of aromatic nitrogens is 2. The van der Waals surface area contributed by atoms with Gasteiger partial charge in [-0.3, -0.25) is 4.57 Å². The predicted octanol–water partition coefficient (Wildman–Crippen LogP) is -0.941. The zero-order valence-corrected chi connectivity index (χ0v) is 9.98. The van der Waals surface area contributed by atoms with Crippen LogP contribution >= 0.6 is 0 Å². The van der Waals surface area contributed by atoms with Crippen molar-refractivity contribution < 1.29 is 14.9 Å². The number of anilines is 1. The van der Waals surface area contributed by atoms with Crippen molar-refractivity contribution >= 4 is 5.82 Å². The van der Waals surface area contributed by atoms with Gasteiger partial charge in [-0.1, -0.05) is 6.92 Å². The fourth-order valence-electron chi connectivity index (χ4n) is 2.08. The van der Waals surface area contributed by atoms with Gasteiger partial charge in [-0.2, -0.15) is 4.98 Å². The summed E-state index contributed by atoms with van der Waals surface area (Å²) in [5.74, 6) is 0.0862. The van der Waals surface area contributed by atoms with Crippen LogP contribution in [0, 0.1) is 6.92 Å². The van der Waals surface area contributed by atoms with Gasteiger partial charge in [-0.05, 0) is 19.4 Å². The largest absolute Gasteiger partial charge is 0.387 e. The molecule has 1 aromatic rings. The normalized spacial score (nSPS) is 35.9. The molecule has 1 aromatic heterocycles. The lowest BCUT2D eigenvalue weighted by Crippen LogP contribution is -2.45. The second kappa shape index (κ2) is 4.34. The van der Waals surface area contributed by atoms with Crippen LogP contribution in [0.15, 0.2) is 17.1 Å². The highest BCUT2D eigenvalue weighted by molar-refractivity contribution is 5.23. The van der Waals surface area contributed by atoms with Crippen molar-refractivity contribution in [2.75, 3.05) is 5.73 Å². The van der Waals surface area contributed by atoms with Gasteiger partial charge in [0, 0.05) is 6.20 Å². The Bertz CT molecular complexity index is 499. The smallest absolute Gasteiger partial charge is 0.351 e. The second-order valence-corrected chi connectivity index (χ2v) is 4.53. The molecule has 0 aliphatic carbocycles. The molecule has 1 fully saturated rings. The highest BCUT2D eigenvalue weighted by Gasteiger charge is 2.52. The molecule has 18 heavy (non-hydrogen) atoms. The number of nitrogens with two attached hydrogens (primary N) is 1. The number of nitrogen functional groups attached to an aromatic ring is 1. The van der Waals surface area contributed by atoms with Crippen LogP contribution in [0.4, 0.5) is 5.82 Å². The van der Waals surface area contributed by atoms with Gasteiger partial charge >= 0.3 is 5.69 Å². The van der Waals surface area contributed by atoms with E-state index in [2.05, 4.69) is 11.9 Å². The fraction of sp³-hybridized carbons (Fsp3) is 0.545. The summed E-state index contributed by atoms with van der Waals surface area (Å²) in [5.41, 5.74) is 3.15. The molecule has 99 valence electrons. The Labute approximate surface area is 104 Å². The van der Waals surface area contributed by atoms with Gasteiger partial charge < -0.3 is 20.7 Å². The summed E-state index contributed by atoms with van der Waals surface area (Å²) in [5, 5.41) is 20.2. The third kappa shape index (κ3) is 1.90. The number of hydrogen-bond donors (Lipinski definition) is 3. The van der Waals surface area contributed by atoms with E-state index in [0.29, 0.717) is 0 Å². The summed E-state index contributed by atoms with van der Waals surface area (Å²) in [6.07, 6.45) is -1.11. The van der Waals surface area contributed by atoms with E-state index < -0.39 is 29.7 Å². The topological polar surface area (TPSA) is 111 Å². The molecule has 0 saturated carbocycles. The average molecular weight is 254 g/mol. The van der Waals surface area contributed by atoms with Crippen molar-refractivity contribution in [3.63, 3.8) is 0 Å². The summed E-state index contributed by atoms with van der Waals surface area (Å²) in [7, 11) is 0. The maximum absolute atomic E-state index is 11.7. The number of ether oxygens (including phenoxy) is 1. The molecule has 1 saturated heterocycles. The van der Waals surface area contributed by atoms with Crippen LogP contribution in [0.2, 0.25) is 0 Å². The number of hydrogen-bond acceptors (Lipinski definition) is 6. The van der Waals surface area contributed by atoms with Gasteiger partial charge in [-0.15, -0.1) is 0 Å². The number of nitrogens with zero attached hydrogens (tertiary/aromatic N) is 2. The third-order valence-electron chi connectivity index (χ3n) is 3.14. The minimum Gasteiger partial charge on any atom is -0.387 e. The Morgan fingerprint density at radius 1 is 1.72 bits per heavy atom. The predicted molar refractivity (Wildman–Crippen MR) is 63.4 cm³/mol. The molecule has 0 spiro atoms. The highest BCUT2D eigenvalue weighted by Crippen LogP contribution is 2.38. The first-order valence-electron chi connectivity index (χ1n) is 5.57. The quantitative estimate of drug-likeness (QED) is 0.628. The first-order chi connectivity index (χ1) is 8.37. The van der Waals surface area contributed by atoms with E-state index in [1.807, 2.05) is 0 Å². The van der Waals surface area contributed by atoms with Crippen molar-refractivity contribution in [3.8, 4) is 0 Å². The molecular formula is C11H16N3O4. The van der Waals surface area contributed by atoms with Crippen LogP contribution in [-0.2, 0) is 4.74 Å². The van der Waals surface area contributed by atoms with Crippen molar-refractivity contribution in [1.29, 1.82) is 0 Å². The highest BCUT2D eigenvalue weighted by atomic mass is 16.6. The number of aliphatic hydroxyl groups is 2.